The third-order valence-electron chi connectivity index (χ3n) is 3.37. The number of carbonyl (C=O) groups is 1. The average molecular weight is 375 g/mol. The summed E-state index contributed by atoms with van der Waals surface area (Å²) in [6, 6.07) is 7.91. The highest BCUT2D eigenvalue weighted by Gasteiger charge is 2.29. The largest absolute Gasteiger partial charge is 0.494 e. The summed E-state index contributed by atoms with van der Waals surface area (Å²) in [7, 11) is 0.910. The Morgan fingerprint density at radius 3 is 2.65 bits per heavy atom. The number of rotatable bonds is 6. The molecule has 1 aromatic rings. The van der Waals surface area contributed by atoms with Gasteiger partial charge in [0, 0.05) is 17.3 Å². The quantitative estimate of drug-likeness (QED) is 0.565. The Balaban J connectivity index is 2.25. The van der Waals surface area contributed by atoms with Gasteiger partial charge >= 0.3 is 13.1 Å². The Hall–Kier alpha value is -1.57. The molecule has 0 saturated heterocycles. The normalized spacial score (nSPS) is 14.7. The molecule has 1 aromatic carbocycles. The van der Waals surface area contributed by atoms with Gasteiger partial charge in [0.15, 0.2) is 0 Å². The lowest BCUT2D eigenvalue weighted by atomic mass is 9.77. The third kappa shape index (κ3) is 6.00. The first kappa shape index (κ1) is 20.7. The van der Waals surface area contributed by atoms with Crippen LogP contribution in [0.5, 0.6) is 0 Å². The van der Waals surface area contributed by atoms with E-state index in [4.69, 9.17) is 14.0 Å². The number of carbonyl (C=O) groups excluding carboxylic acids is 1. The molecule has 1 heterocycles. The number of esters is 1. The number of hydrogen-bond donors (Lipinski definition) is 0. The molecule has 1 aliphatic heterocycles. The van der Waals surface area contributed by atoms with Crippen LogP contribution in [-0.2, 0) is 18.8 Å². The molecule has 0 aliphatic carbocycles. The lowest BCUT2D eigenvalue weighted by molar-refractivity contribution is -0.135. The molecule has 140 valence electrons. The van der Waals surface area contributed by atoms with Crippen LogP contribution in [0.15, 0.2) is 40.2 Å². The van der Waals surface area contributed by atoms with Gasteiger partial charge in [-0.1, -0.05) is 36.0 Å². The summed E-state index contributed by atoms with van der Waals surface area (Å²) in [4.78, 5) is 16.9. The van der Waals surface area contributed by atoms with Gasteiger partial charge in [-0.15, -0.1) is 0 Å². The first-order valence-corrected chi connectivity index (χ1v) is 9.45. The highest BCUT2D eigenvalue weighted by atomic mass is 32.2. The van der Waals surface area contributed by atoms with E-state index in [2.05, 4.69) is 4.99 Å². The summed E-state index contributed by atoms with van der Waals surface area (Å²) in [6.07, 6.45) is 1.80. The van der Waals surface area contributed by atoms with Crippen LogP contribution in [0.4, 0.5) is 0 Å². The molecule has 0 spiro atoms. The van der Waals surface area contributed by atoms with Gasteiger partial charge in [-0.2, -0.15) is 0 Å². The van der Waals surface area contributed by atoms with Gasteiger partial charge in [0.1, 0.15) is 5.04 Å². The van der Waals surface area contributed by atoms with Crippen molar-refractivity contribution in [3.63, 3.8) is 0 Å². The zero-order valence-electron chi connectivity index (χ0n) is 16.2. The van der Waals surface area contributed by atoms with E-state index in [0.29, 0.717) is 11.4 Å². The van der Waals surface area contributed by atoms with Crippen LogP contribution in [0.1, 0.15) is 40.2 Å². The number of thioether (sulfide) groups is 1. The lowest BCUT2D eigenvalue weighted by Gasteiger charge is -2.27. The molecule has 0 fully saturated rings. The molecule has 0 aromatic heterocycles. The predicted molar refractivity (Wildman–Crippen MR) is 108 cm³/mol. The minimum absolute atomic E-state index is 0.0289. The molecular weight excluding hydrogens is 349 g/mol. The molecule has 0 amide bonds. The standard InChI is InChI=1S/C19H26BNO4S/c1-13(2)24-20(25-19(3,4)5)15-9-7-8-14(12-15)17-21-11-10-16(26-17)18(22)23-6/h7-10,12-13H,11H2,1-6H3. The molecule has 0 N–H and O–H groups in total. The maximum atomic E-state index is 11.8. The minimum atomic E-state index is -0.472. The van der Waals surface area contributed by atoms with Crippen LogP contribution in [-0.4, -0.2) is 43.5 Å². The molecule has 0 radical (unpaired) electrons. The van der Waals surface area contributed by atoms with Gasteiger partial charge in [0.2, 0.25) is 0 Å². The molecular formula is C19H26BNO4S. The Morgan fingerprint density at radius 2 is 2.04 bits per heavy atom. The van der Waals surface area contributed by atoms with Gasteiger partial charge < -0.3 is 14.0 Å². The third-order valence-corrected chi connectivity index (χ3v) is 4.48. The summed E-state index contributed by atoms with van der Waals surface area (Å²) in [5, 5.41) is 0.786. The number of benzene rings is 1. The second-order valence-corrected chi connectivity index (χ2v) is 8.21. The molecule has 5 nitrogen and oxygen atoms in total. The van der Waals surface area contributed by atoms with Gasteiger partial charge in [-0.3, -0.25) is 4.99 Å². The summed E-state index contributed by atoms with van der Waals surface area (Å²) in [5.41, 5.74) is 1.51. The number of methoxy groups -OCH3 is 1. The minimum Gasteiger partial charge on any atom is -0.465 e. The van der Waals surface area contributed by atoms with Crippen molar-refractivity contribution in [3.05, 3.63) is 40.8 Å². The van der Waals surface area contributed by atoms with Crippen LogP contribution in [0.25, 0.3) is 0 Å². The van der Waals surface area contributed by atoms with Crippen molar-refractivity contribution in [1.29, 1.82) is 0 Å². The van der Waals surface area contributed by atoms with Crippen LogP contribution < -0.4 is 5.46 Å². The number of ether oxygens (including phenoxy) is 1. The summed E-state index contributed by atoms with van der Waals surface area (Å²) in [5.74, 6) is -0.337. The van der Waals surface area contributed by atoms with E-state index >= 15 is 0 Å². The average Bonchev–Trinajstić information content (AvgIpc) is 2.59. The van der Waals surface area contributed by atoms with Crippen molar-refractivity contribution in [1.82, 2.24) is 0 Å². The zero-order chi connectivity index (χ0) is 19.3. The van der Waals surface area contributed by atoms with Crippen molar-refractivity contribution >= 4 is 35.4 Å². The Bertz CT molecular complexity index is 710. The number of aliphatic imine (C=N–C) groups is 1. The maximum Gasteiger partial charge on any atom is 0.494 e. The monoisotopic (exact) mass is 375 g/mol. The summed E-state index contributed by atoms with van der Waals surface area (Å²) in [6.45, 7) is 10.4. The number of nitrogens with zero attached hydrogens (tertiary/aromatic N) is 1. The fourth-order valence-corrected chi connectivity index (χ4v) is 3.24. The molecule has 0 unspecified atom stereocenters. The van der Waals surface area contributed by atoms with E-state index in [1.54, 1.807) is 6.08 Å². The highest BCUT2D eigenvalue weighted by molar-refractivity contribution is 8.18. The zero-order valence-corrected chi connectivity index (χ0v) is 17.1. The van der Waals surface area contributed by atoms with E-state index in [0.717, 1.165) is 16.1 Å². The summed E-state index contributed by atoms with van der Waals surface area (Å²) >= 11 is 1.32. The first-order chi connectivity index (χ1) is 12.2. The van der Waals surface area contributed by atoms with E-state index in [1.807, 2.05) is 58.9 Å². The van der Waals surface area contributed by atoms with Crippen molar-refractivity contribution < 1.29 is 18.8 Å². The molecule has 0 atom stereocenters. The van der Waals surface area contributed by atoms with E-state index in [1.165, 1.54) is 18.9 Å². The van der Waals surface area contributed by atoms with Crippen LogP contribution in [0.3, 0.4) is 0 Å². The Kier molecular flexibility index (Phi) is 7.09. The fraction of sp³-hybridized carbons (Fsp3) is 0.474. The topological polar surface area (TPSA) is 57.1 Å². The molecule has 1 aliphatic rings. The van der Waals surface area contributed by atoms with Gasteiger partial charge in [0.25, 0.3) is 0 Å². The van der Waals surface area contributed by atoms with Crippen LogP contribution in [0.2, 0.25) is 0 Å². The predicted octanol–water partition coefficient (Wildman–Crippen LogP) is 3.17. The van der Waals surface area contributed by atoms with E-state index in [-0.39, 0.29) is 17.7 Å². The van der Waals surface area contributed by atoms with E-state index < -0.39 is 7.12 Å². The molecule has 7 heteroatoms. The Labute approximate surface area is 160 Å². The second kappa shape index (κ2) is 8.89. The molecule has 0 saturated carbocycles. The molecule has 0 bridgehead atoms. The SMILES string of the molecule is COC(=O)C1=CCN=C(c2cccc(B(OC(C)C)OC(C)(C)C)c2)S1. The van der Waals surface area contributed by atoms with Gasteiger partial charge in [-0.25, -0.2) is 4.79 Å². The van der Waals surface area contributed by atoms with Crippen LogP contribution in [0, 0.1) is 0 Å². The highest BCUT2D eigenvalue weighted by Crippen LogP contribution is 2.26. The van der Waals surface area contributed by atoms with Crippen LogP contribution >= 0.6 is 11.8 Å². The van der Waals surface area contributed by atoms with Crippen molar-refractivity contribution in [2.75, 3.05) is 13.7 Å². The first-order valence-electron chi connectivity index (χ1n) is 8.64. The van der Waals surface area contributed by atoms with Crippen molar-refractivity contribution in [2.45, 2.75) is 46.3 Å². The second-order valence-electron chi connectivity index (χ2n) is 7.18. The lowest BCUT2D eigenvalue weighted by Crippen LogP contribution is -2.44. The molecule has 2 rings (SSSR count). The number of hydrogen-bond acceptors (Lipinski definition) is 6. The molecule has 26 heavy (non-hydrogen) atoms. The smallest absolute Gasteiger partial charge is 0.465 e. The summed E-state index contributed by atoms with van der Waals surface area (Å²) < 4.78 is 16.9. The van der Waals surface area contributed by atoms with Crippen molar-refractivity contribution in [3.8, 4) is 0 Å². The van der Waals surface area contributed by atoms with Gasteiger partial charge in [-0.05, 0) is 46.2 Å². The van der Waals surface area contributed by atoms with Gasteiger partial charge in [0.05, 0.1) is 18.6 Å². The Morgan fingerprint density at radius 1 is 1.31 bits per heavy atom. The fourth-order valence-electron chi connectivity index (χ4n) is 2.33. The van der Waals surface area contributed by atoms with E-state index in [9.17, 15) is 4.79 Å². The van der Waals surface area contributed by atoms with Crippen molar-refractivity contribution in [2.24, 2.45) is 4.99 Å². The maximum absolute atomic E-state index is 11.8.